The van der Waals surface area contributed by atoms with Crippen LogP contribution in [0.4, 0.5) is 0 Å². The molecule has 0 radical (unpaired) electrons. The second-order valence-corrected chi connectivity index (χ2v) is 20.4. The van der Waals surface area contributed by atoms with Gasteiger partial charge in [-0.05, 0) is 60.6 Å². The molecule has 0 unspecified atom stereocenters. The Kier molecular flexibility index (Phi) is 9.70. The van der Waals surface area contributed by atoms with Crippen molar-refractivity contribution in [1.29, 1.82) is 0 Å². The lowest BCUT2D eigenvalue weighted by Crippen LogP contribution is -2.41. The zero-order chi connectivity index (χ0) is 18.4. The second kappa shape index (κ2) is 9.41. The molecule has 0 spiro atoms. The van der Waals surface area contributed by atoms with Crippen LogP contribution in [0.1, 0.15) is 54.4 Å². The van der Waals surface area contributed by atoms with Crippen molar-refractivity contribution in [2.24, 2.45) is 0 Å². The van der Waals surface area contributed by atoms with Gasteiger partial charge in [-0.25, -0.2) is 0 Å². The molecule has 2 nitrogen and oxygen atoms in total. The highest BCUT2D eigenvalue weighted by Gasteiger charge is 2.37. The standard InChI is InChI=1S/C18H42O2SSi2/c1-17(2,3)22(7,8)19-13-11-15-21-16-12-14-20-23(9,10)18(4,5)6/h11-16H2,1-10H3. The van der Waals surface area contributed by atoms with E-state index in [1.165, 1.54) is 24.3 Å². The van der Waals surface area contributed by atoms with Crippen molar-refractivity contribution in [1.82, 2.24) is 0 Å². The average Bonchev–Trinajstić information content (AvgIpc) is 2.33. The fourth-order valence-electron chi connectivity index (χ4n) is 1.51. The highest BCUT2D eigenvalue weighted by Crippen LogP contribution is 2.37. The zero-order valence-corrected chi connectivity index (χ0v) is 20.3. The normalized spacial score (nSPS) is 14.3. The first-order chi connectivity index (χ1) is 10.2. The summed E-state index contributed by atoms with van der Waals surface area (Å²) in [5.74, 6) is 2.41. The first-order valence-corrected chi connectivity index (χ1v) is 16.0. The maximum atomic E-state index is 6.21. The third-order valence-corrected chi connectivity index (χ3v) is 15.6. The molecule has 0 rings (SSSR count). The van der Waals surface area contributed by atoms with Crippen LogP contribution in [-0.2, 0) is 8.85 Å². The molecule has 0 aromatic heterocycles. The summed E-state index contributed by atoms with van der Waals surface area (Å²) in [7, 11) is -3.10. The molecule has 0 saturated carbocycles. The van der Waals surface area contributed by atoms with Crippen LogP contribution in [-0.4, -0.2) is 41.4 Å². The number of thioether (sulfide) groups is 1. The maximum absolute atomic E-state index is 6.21. The van der Waals surface area contributed by atoms with Gasteiger partial charge < -0.3 is 8.85 Å². The van der Waals surface area contributed by atoms with E-state index in [4.69, 9.17) is 8.85 Å². The minimum Gasteiger partial charge on any atom is -0.417 e. The van der Waals surface area contributed by atoms with Crippen LogP contribution in [0, 0.1) is 0 Å². The van der Waals surface area contributed by atoms with E-state index < -0.39 is 16.6 Å². The lowest BCUT2D eigenvalue weighted by molar-refractivity contribution is 0.288. The molecule has 0 atom stereocenters. The van der Waals surface area contributed by atoms with E-state index in [-0.39, 0.29) is 0 Å². The van der Waals surface area contributed by atoms with Gasteiger partial charge in [0.05, 0.1) is 0 Å². The average molecular weight is 379 g/mol. The fraction of sp³-hybridized carbons (Fsp3) is 1.00. The van der Waals surface area contributed by atoms with Gasteiger partial charge in [-0.3, -0.25) is 0 Å². The summed E-state index contributed by atoms with van der Waals surface area (Å²) in [5.41, 5.74) is 0. The molecule has 0 aromatic carbocycles. The molecule has 0 fully saturated rings. The van der Waals surface area contributed by atoms with E-state index in [2.05, 4.69) is 67.7 Å². The zero-order valence-electron chi connectivity index (χ0n) is 17.5. The monoisotopic (exact) mass is 378 g/mol. The van der Waals surface area contributed by atoms with E-state index >= 15 is 0 Å². The molecular formula is C18H42O2SSi2. The lowest BCUT2D eigenvalue weighted by Gasteiger charge is -2.36. The third-order valence-electron chi connectivity index (χ3n) is 5.40. The van der Waals surface area contributed by atoms with Crippen molar-refractivity contribution in [2.75, 3.05) is 24.7 Å². The van der Waals surface area contributed by atoms with Gasteiger partial charge in [0.1, 0.15) is 0 Å². The SMILES string of the molecule is CC(C)(C)[Si](C)(C)OCCCSCCCO[Si](C)(C)C(C)(C)C. The van der Waals surface area contributed by atoms with Crippen LogP contribution in [0.5, 0.6) is 0 Å². The van der Waals surface area contributed by atoms with Crippen molar-refractivity contribution >= 4 is 28.4 Å². The van der Waals surface area contributed by atoms with Crippen LogP contribution in [0.2, 0.25) is 36.3 Å². The van der Waals surface area contributed by atoms with E-state index in [0.29, 0.717) is 10.1 Å². The smallest absolute Gasteiger partial charge is 0.191 e. The van der Waals surface area contributed by atoms with Crippen LogP contribution in [0.3, 0.4) is 0 Å². The summed E-state index contributed by atoms with van der Waals surface area (Å²) < 4.78 is 12.4. The molecule has 0 aromatic rings. The molecule has 0 N–H and O–H groups in total. The Balaban J connectivity index is 3.66. The Morgan fingerprint density at radius 3 is 1.22 bits per heavy atom. The number of hydrogen-bond donors (Lipinski definition) is 0. The fourth-order valence-corrected chi connectivity index (χ4v) is 4.54. The van der Waals surface area contributed by atoms with Gasteiger partial charge in [0.25, 0.3) is 0 Å². The summed E-state index contributed by atoms with van der Waals surface area (Å²) in [6, 6.07) is 0. The highest BCUT2D eigenvalue weighted by atomic mass is 32.2. The van der Waals surface area contributed by atoms with Gasteiger partial charge in [0, 0.05) is 13.2 Å². The summed E-state index contributed by atoms with van der Waals surface area (Å²) in [5, 5.41) is 0.641. The lowest BCUT2D eigenvalue weighted by atomic mass is 10.2. The minimum absolute atomic E-state index is 0.321. The van der Waals surface area contributed by atoms with E-state index in [0.717, 1.165) is 13.2 Å². The van der Waals surface area contributed by atoms with Crippen LogP contribution >= 0.6 is 11.8 Å². The van der Waals surface area contributed by atoms with Gasteiger partial charge in [0.2, 0.25) is 0 Å². The summed E-state index contributed by atoms with van der Waals surface area (Å²) >= 11 is 2.04. The molecule has 0 aliphatic carbocycles. The molecular weight excluding hydrogens is 336 g/mol. The summed E-state index contributed by atoms with van der Waals surface area (Å²) in [4.78, 5) is 0. The van der Waals surface area contributed by atoms with Crippen molar-refractivity contribution in [3.63, 3.8) is 0 Å². The third kappa shape index (κ3) is 9.10. The molecule has 0 heterocycles. The Labute approximate surface area is 152 Å². The van der Waals surface area contributed by atoms with Gasteiger partial charge in [-0.2, -0.15) is 11.8 Å². The summed E-state index contributed by atoms with van der Waals surface area (Å²) in [6.07, 6.45) is 2.33. The number of hydrogen-bond acceptors (Lipinski definition) is 3. The molecule has 5 heteroatoms. The molecule has 0 bridgehead atoms. The molecule has 23 heavy (non-hydrogen) atoms. The maximum Gasteiger partial charge on any atom is 0.191 e. The Hall–Kier alpha value is 0.704. The van der Waals surface area contributed by atoms with Gasteiger partial charge in [-0.1, -0.05) is 41.5 Å². The Morgan fingerprint density at radius 1 is 0.652 bits per heavy atom. The quantitative estimate of drug-likeness (QED) is 0.317. The van der Waals surface area contributed by atoms with E-state index in [9.17, 15) is 0 Å². The van der Waals surface area contributed by atoms with Crippen molar-refractivity contribution < 1.29 is 8.85 Å². The predicted octanol–water partition coefficient (Wildman–Crippen LogP) is 6.54. The predicted molar refractivity (Wildman–Crippen MR) is 113 cm³/mol. The molecule has 0 amide bonds. The Morgan fingerprint density at radius 2 is 0.957 bits per heavy atom. The Bertz CT molecular complexity index is 299. The summed E-state index contributed by atoms with van der Waals surface area (Å²) in [6.45, 7) is 25.0. The molecule has 0 saturated heterocycles. The van der Waals surface area contributed by atoms with Gasteiger partial charge >= 0.3 is 0 Å². The van der Waals surface area contributed by atoms with Crippen LogP contribution < -0.4 is 0 Å². The van der Waals surface area contributed by atoms with Gasteiger partial charge in [-0.15, -0.1) is 0 Å². The highest BCUT2D eigenvalue weighted by molar-refractivity contribution is 7.99. The second-order valence-electron chi connectivity index (χ2n) is 9.54. The first kappa shape index (κ1) is 23.7. The van der Waals surface area contributed by atoms with E-state index in [1.807, 2.05) is 11.8 Å². The van der Waals surface area contributed by atoms with Crippen molar-refractivity contribution in [3.05, 3.63) is 0 Å². The van der Waals surface area contributed by atoms with Crippen molar-refractivity contribution in [2.45, 2.75) is 90.6 Å². The first-order valence-electron chi connectivity index (χ1n) is 9.06. The molecule has 140 valence electrons. The number of rotatable bonds is 10. The topological polar surface area (TPSA) is 18.5 Å². The molecule has 0 aliphatic rings. The largest absolute Gasteiger partial charge is 0.417 e. The van der Waals surface area contributed by atoms with Crippen LogP contribution in [0.15, 0.2) is 0 Å². The van der Waals surface area contributed by atoms with Crippen LogP contribution in [0.25, 0.3) is 0 Å². The van der Waals surface area contributed by atoms with Gasteiger partial charge in [0.15, 0.2) is 16.6 Å². The minimum atomic E-state index is -1.55. The molecule has 0 aliphatic heterocycles. The van der Waals surface area contributed by atoms with E-state index in [1.54, 1.807) is 0 Å². The van der Waals surface area contributed by atoms with Crippen molar-refractivity contribution in [3.8, 4) is 0 Å².